The molecular weight excluding hydrogens is 423 g/mol. The van der Waals surface area contributed by atoms with E-state index >= 15 is 0 Å². The highest BCUT2D eigenvalue weighted by Gasteiger charge is 2.37. The van der Waals surface area contributed by atoms with Crippen molar-refractivity contribution >= 4 is 29.0 Å². The van der Waals surface area contributed by atoms with Crippen molar-refractivity contribution in [3.63, 3.8) is 0 Å². The molecule has 1 aliphatic heterocycles. The Balaban J connectivity index is 1.59. The topological polar surface area (TPSA) is 85.3 Å². The Bertz CT molecular complexity index is 1110. The highest BCUT2D eigenvalue weighted by atomic mass is 35.5. The maximum absolute atomic E-state index is 12.6. The van der Waals surface area contributed by atoms with E-state index in [1.54, 1.807) is 24.3 Å². The predicted octanol–water partition coefficient (Wildman–Crippen LogP) is 5.39. The van der Waals surface area contributed by atoms with Crippen LogP contribution in [0.15, 0.2) is 65.3 Å². The van der Waals surface area contributed by atoms with Gasteiger partial charge in [-0.3, -0.25) is 4.79 Å². The van der Waals surface area contributed by atoms with Crippen LogP contribution in [0.5, 0.6) is 5.75 Å². The predicted molar refractivity (Wildman–Crippen MR) is 114 cm³/mol. The number of carbonyl (C=O) groups is 1. The molecule has 7 heteroatoms. The SMILES string of the molecule is N#CC1=C(N)OC2=C(C(=O)CCC2)[C@@H]1c1ccc(OCc2ccc(Cl)cc2Cl)cc1. The van der Waals surface area contributed by atoms with Gasteiger partial charge < -0.3 is 15.2 Å². The number of ketones is 1. The number of nitriles is 1. The van der Waals surface area contributed by atoms with Gasteiger partial charge in [-0.2, -0.15) is 5.26 Å². The number of nitrogens with two attached hydrogens (primary N) is 1. The van der Waals surface area contributed by atoms with Gasteiger partial charge in [0.2, 0.25) is 5.88 Å². The highest BCUT2D eigenvalue weighted by Crippen LogP contribution is 2.43. The standard InChI is InChI=1S/C23H18Cl2N2O3/c24-15-7-4-14(18(25)10-15)12-29-16-8-5-13(6-9-16)21-17(11-26)23(27)30-20-3-1-2-19(28)22(20)21/h4-10,21H,1-3,12,27H2/t21-/m1/s1. The fourth-order valence-electron chi connectivity index (χ4n) is 3.75. The first-order valence-electron chi connectivity index (χ1n) is 9.48. The number of carbonyl (C=O) groups excluding carboxylic acids is 1. The lowest BCUT2D eigenvalue weighted by Crippen LogP contribution is -2.27. The van der Waals surface area contributed by atoms with Crippen LogP contribution in [0.25, 0.3) is 0 Å². The molecule has 2 N–H and O–H groups in total. The first kappa shape index (κ1) is 20.3. The molecule has 1 heterocycles. The molecule has 0 saturated heterocycles. The molecule has 0 aromatic heterocycles. The van der Waals surface area contributed by atoms with Crippen LogP contribution in [-0.2, 0) is 16.1 Å². The average molecular weight is 441 g/mol. The highest BCUT2D eigenvalue weighted by molar-refractivity contribution is 6.35. The molecule has 2 aliphatic rings. The van der Waals surface area contributed by atoms with E-state index in [4.69, 9.17) is 38.4 Å². The van der Waals surface area contributed by atoms with Crippen LogP contribution >= 0.6 is 23.2 Å². The Morgan fingerprint density at radius 2 is 1.93 bits per heavy atom. The number of ether oxygens (including phenoxy) is 2. The van der Waals surface area contributed by atoms with Crippen LogP contribution < -0.4 is 10.5 Å². The van der Waals surface area contributed by atoms with Gasteiger partial charge in [-0.15, -0.1) is 0 Å². The van der Waals surface area contributed by atoms with Gasteiger partial charge >= 0.3 is 0 Å². The lowest BCUT2D eigenvalue weighted by Gasteiger charge is -2.31. The first-order valence-corrected chi connectivity index (χ1v) is 10.2. The smallest absolute Gasteiger partial charge is 0.205 e. The molecule has 0 unspecified atom stereocenters. The van der Waals surface area contributed by atoms with Crippen molar-refractivity contribution in [3.05, 3.63) is 86.4 Å². The maximum atomic E-state index is 12.6. The number of hydrogen-bond donors (Lipinski definition) is 1. The summed E-state index contributed by atoms with van der Waals surface area (Å²) in [6.07, 6.45) is 1.81. The number of nitrogens with zero attached hydrogens (tertiary/aromatic N) is 1. The molecule has 0 saturated carbocycles. The van der Waals surface area contributed by atoms with E-state index in [1.165, 1.54) is 0 Å². The van der Waals surface area contributed by atoms with Crippen LogP contribution in [0.1, 0.15) is 36.3 Å². The summed E-state index contributed by atoms with van der Waals surface area (Å²) in [6, 6.07) is 14.6. The van der Waals surface area contributed by atoms with Gasteiger partial charge in [-0.05, 0) is 36.2 Å². The first-order chi connectivity index (χ1) is 14.5. The van der Waals surface area contributed by atoms with E-state index < -0.39 is 5.92 Å². The number of halogens is 2. The van der Waals surface area contributed by atoms with Gasteiger partial charge in [0, 0.05) is 34.0 Å². The lowest BCUT2D eigenvalue weighted by atomic mass is 9.77. The molecule has 0 fully saturated rings. The van der Waals surface area contributed by atoms with E-state index in [9.17, 15) is 10.1 Å². The van der Waals surface area contributed by atoms with Crippen LogP contribution in [0.4, 0.5) is 0 Å². The number of benzene rings is 2. The summed E-state index contributed by atoms with van der Waals surface area (Å²) >= 11 is 12.1. The number of Topliss-reactive ketones (excluding diaryl/α,β-unsaturated/α-hetero) is 1. The van der Waals surface area contributed by atoms with Gasteiger partial charge in [0.25, 0.3) is 0 Å². The maximum Gasteiger partial charge on any atom is 0.205 e. The summed E-state index contributed by atoms with van der Waals surface area (Å²) < 4.78 is 11.4. The summed E-state index contributed by atoms with van der Waals surface area (Å²) in [6.45, 7) is 0.288. The van der Waals surface area contributed by atoms with Gasteiger partial charge in [-0.1, -0.05) is 41.4 Å². The summed E-state index contributed by atoms with van der Waals surface area (Å²) in [4.78, 5) is 12.6. The fraction of sp³-hybridized carbons (Fsp3) is 0.217. The second-order valence-corrected chi connectivity index (χ2v) is 7.98. The molecule has 152 valence electrons. The molecule has 0 amide bonds. The monoisotopic (exact) mass is 440 g/mol. The molecule has 1 aliphatic carbocycles. The number of hydrogen-bond acceptors (Lipinski definition) is 5. The van der Waals surface area contributed by atoms with Crippen molar-refractivity contribution < 1.29 is 14.3 Å². The van der Waals surface area contributed by atoms with Gasteiger partial charge in [0.15, 0.2) is 5.78 Å². The molecule has 1 atom stereocenters. The number of rotatable bonds is 4. The Morgan fingerprint density at radius 1 is 1.17 bits per heavy atom. The molecular formula is C23H18Cl2N2O3. The summed E-state index contributed by atoms with van der Waals surface area (Å²) in [5, 5.41) is 10.7. The lowest BCUT2D eigenvalue weighted by molar-refractivity contribution is -0.116. The molecule has 5 nitrogen and oxygen atoms in total. The second kappa shape index (κ2) is 8.43. The summed E-state index contributed by atoms with van der Waals surface area (Å²) in [5.74, 6) is 0.751. The van der Waals surface area contributed by atoms with Crippen molar-refractivity contribution in [2.45, 2.75) is 31.8 Å². The third-order valence-electron chi connectivity index (χ3n) is 5.23. The third-order valence-corrected chi connectivity index (χ3v) is 5.81. The van der Waals surface area contributed by atoms with E-state index in [0.717, 1.165) is 17.5 Å². The zero-order chi connectivity index (χ0) is 21.3. The van der Waals surface area contributed by atoms with Gasteiger partial charge in [0.1, 0.15) is 29.8 Å². The molecule has 30 heavy (non-hydrogen) atoms. The number of allylic oxidation sites excluding steroid dienone is 3. The quantitative estimate of drug-likeness (QED) is 0.688. The van der Waals surface area contributed by atoms with Gasteiger partial charge in [0.05, 0.1) is 5.92 Å². The minimum Gasteiger partial charge on any atom is -0.489 e. The third kappa shape index (κ3) is 3.89. The van der Waals surface area contributed by atoms with E-state index in [-0.39, 0.29) is 23.8 Å². The Hall–Kier alpha value is -2.94. The molecule has 2 aromatic carbocycles. The van der Waals surface area contributed by atoms with Crippen LogP contribution in [0, 0.1) is 11.3 Å². The van der Waals surface area contributed by atoms with Crippen LogP contribution in [0.2, 0.25) is 10.0 Å². The Kier molecular flexibility index (Phi) is 5.72. The van der Waals surface area contributed by atoms with Crippen LogP contribution in [-0.4, -0.2) is 5.78 Å². The van der Waals surface area contributed by atoms with Crippen molar-refractivity contribution in [2.24, 2.45) is 5.73 Å². The zero-order valence-electron chi connectivity index (χ0n) is 16.0. The second-order valence-electron chi connectivity index (χ2n) is 7.13. The van der Waals surface area contributed by atoms with Crippen molar-refractivity contribution in [3.8, 4) is 11.8 Å². The minimum absolute atomic E-state index is 0.000734. The largest absolute Gasteiger partial charge is 0.489 e. The molecule has 2 aromatic rings. The fourth-order valence-corrected chi connectivity index (χ4v) is 4.21. The van der Waals surface area contributed by atoms with Crippen LogP contribution in [0.3, 0.4) is 0 Å². The van der Waals surface area contributed by atoms with Gasteiger partial charge in [-0.25, -0.2) is 0 Å². The zero-order valence-corrected chi connectivity index (χ0v) is 17.5. The summed E-state index contributed by atoms with van der Waals surface area (Å²) in [7, 11) is 0. The normalized spacial score (nSPS) is 18.6. The Labute approximate surface area is 184 Å². The molecule has 4 rings (SSSR count). The van der Waals surface area contributed by atoms with Crippen molar-refractivity contribution in [1.29, 1.82) is 5.26 Å². The van der Waals surface area contributed by atoms with E-state index in [1.807, 2.05) is 18.2 Å². The average Bonchev–Trinajstić information content (AvgIpc) is 2.73. The summed E-state index contributed by atoms with van der Waals surface area (Å²) in [5.41, 5.74) is 8.38. The van der Waals surface area contributed by atoms with Crippen molar-refractivity contribution in [1.82, 2.24) is 0 Å². The van der Waals surface area contributed by atoms with E-state index in [0.29, 0.717) is 40.0 Å². The minimum atomic E-state index is -0.522. The van der Waals surface area contributed by atoms with E-state index in [2.05, 4.69) is 6.07 Å². The van der Waals surface area contributed by atoms with Crippen molar-refractivity contribution in [2.75, 3.05) is 0 Å². The molecule has 0 bridgehead atoms. The molecule has 0 radical (unpaired) electrons. The molecule has 0 spiro atoms. The Morgan fingerprint density at radius 3 is 2.63 bits per heavy atom.